The molecule has 1 amide bonds. The van der Waals surface area contributed by atoms with Gasteiger partial charge in [-0.05, 0) is 64.7 Å². The van der Waals surface area contributed by atoms with E-state index in [-0.39, 0.29) is 5.56 Å². The molecule has 1 heterocycles. The van der Waals surface area contributed by atoms with Crippen LogP contribution in [0.25, 0.3) is 10.9 Å². The number of alkyl carbamates (subject to hydrolysis) is 1. The summed E-state index contributed by atoms with van der Waals surface area (Å²) in [7, 11) is 0. The number of carboxylic acid groups (broad SMARTS) is 1. The minimum Gasteiger partial charge on any atom is -0.477 e. The molecule has 1 aromatic heterocycles. The number of rotatable bonds is 6. The SMILES string of the molecule is CCn1cc(C(=O)O)c(=O)c2c(C)c(CCCNC(=O)OC(C)(C)C)ccc21. The third-order valence-electron chi connectivity index (χ3n) is 4.48. The molecule has 0 fully saturated rings. The van der Waals surface area contributed by atoms with Gasteiger partial charge in [-0.25, -0.2) is 9.59 Å². The van der Waals surface area contributed by atoms with Crippen molar-refractivity contribution < 1.29 is 19.4 Å². The van der Waals surface area contributed by atoms with Crippen molar-refractivity contribution in [2.75, 3.05) is 6.54 Å². The topological polar surface area (TPSA) is 97.6 Å². The van der Waals surface area contributed by atoms with Gasteiger partial charge in [0.1, 0.15) is 11.2 Å². The molecule has 1 aromatic carbocycles. The second kappa shape index (κ2) is 8.46. The number of nitrogens with zero attached hydrogens (tertiary/aromatic N) is 1. The largest absolute Gasteiger partial charge is 0.477 e. The van der Waals surface area contributed by atoms with E-state index in [1.54, 1.807) is 25.3 Å². The van der Waals surface area contributed by atoms with Gasteiger partial charge in [0.25, 0.3) is 0 Å². The fourth-order valence-corrected chi connectivity index (χ4v) is 3.15. The lowest BCUT2D eigenvalue weighted by molar-refractivity contribution is 0.0526. The second-order valence-electron chi connectivity index (χ2n) is 7.74. The minimum atomic E-state index is -1.22. The molecule has 0 spiro atoms. The standard InChI is InChI=1S/C21H28N2O5/c1-6-23-12-15(19(25)26)18(24)17-13(2)14(9-10-16(17)23)8-7-11-22-20(27)28-21(3,4)5/h9-10,12H,6-8,11H2,1-5H3,(H,22,27)(H,25,26). The fraction of sp³-hybridized carbons (Fsp3) is 0.476. The highest BCUT2D eigenvalue weighted by molar-refractivity contribution is 5.94. The van der Waals surface area contributed by atoms with Crippen LogP contribution in [0.1, 0.15) is 55.6 Å². The van der Waals surface area contributed by atoms with Crippen LogP contribution in [0.5, 0.6) is 0 Å². The molecular formula is C21H28N2O5. The van der Waals surface area contributed by atoms with Crippen LogP contribution in [0.3, 0.4) is 0 Å². The Kier molecular flexibility index (Phi) is 6.48. The van der Waals surface area contributed by atoms with Crippen LogP contribution in [0.4, 0.5) is 4.79 Å². The molecule has 0 unspecified atom stereocenters. The van der Waals surface area contributed by atoms with E-state index in [0.29, 0.717) is 31.3 Å². The van der Waals surface area contributed by atoms with Gasteiger partial charge >= 0.3 is 12.1 Å². The van der Waals surface area contributed by atoms with Gasteiger partial charge in [0.2, 0.25) is 5.43 Å². The molecule has 0 atom stereocenters. The van der Waals surface area contributed by atoms with Crippen LogP contribution in [0, 0.1) is 6.92 Å². The summed E-state index contributed by atoms with van der Waals surface area (Å²) >= 11 is 0. The first kappa shape index (κ1) is 21.5. The van der Waals surface area contributed by atoms with Crippen molar-refractivity contribution in [2.24, 2.45) is 0 Å². The normalized spacial score (nSPS) is 11.5. The van der Waals surface area contributed by atoms with E-state index in [2.05, 4.69) is 5.32 Å². The maximum Gasteiger partial charge on any atom is 0.407 e. The van der Waals surface area contributed by atoms with Gasteiger partial charge in [0.15, 0.2) is 0 Å². The summed E-state index contributed by atoms with van der Waals surface area (Å²) in [5.74, 6) is -1.22. The van der Waals surface area contributed by atoms with Crippen LogP contribution < -0.4 is 10.7 Å². The fourth-order valence-electron chi connectivity index (χ4n) is 3.15. The van der Waals surface area contributed by atoms with Crippen molar-refractivity contribution in [3.8, 4) is 0 Å². The molecule has 2 N–H and O–H groups in total. The van der Waals surface area contributed by atoms with E-state index in [0.717, 1.165) is 16.6 Å². The summed E-state index contributed by atoms with van der Waals surface area (Å²) < 4.78 is 6.98. The number of ether oxygens (including phenoxy) is 1. The predicted octanol–water partition coefficient (Wildman–Crippen LogP) is 3.49. The Bertz CT molecular complexity index is 954. The third kappa shape index (κ3) is 4.91. The molecule has 0 saturated carbocycles. The molecule has 2 rings (SSSR count). The van der Waals surface area contributed by atoms with Gasteiger partial charge < -0.3 is 19.7 Å². The minimum absolute atomic E-state index is 0.221. The van der Waals surface area contributed by atoms with E-state index < -0.39 is 23.1 Å². The van der Waals surface area contributed by atoms with Crippen molar-refractivity contribution in [2.45, 2.75) is 59.6 Å². The zero-order chi connectivity index (χ0) is 21.1. The molecule has 28 heavy (non-hydrogen) atoms. The van der Waals surface area contributed by atoms with Crippen molar-refractivity contribution in [1.29, 1.82) is 0 Å². The summed E-state index contributed by atoms with van der Waals surface area (Å²) in [5, 5.41) is 12.5. The molecule has 7 heteroatoms. The number of carbonyl (C=O) groups excluding carboxylic acids is 1. The van der Waals surface area contributed by atoms with Gasteiger partial charge in [-0.2, -0.15) is 0 Å². The van der Waals surface area contributed by atoms with E-state index >= 15 is 0 Å². The molecule has 152 valence electrons. The lowest BCUT2D eigenvalue weighted by atomic mass is 9.98. The van der Waals surface area contributed by atoms with Gasteiger partial charge in [-0.3, -0.25) is 4.79 Å². The lowest BCUT2D eigenvalue weighted by Crippen LogP contribution is -2.33. The number of pyridine rings is 1. The van der Waals surface area contributed by atoms with Crippen LogP contribution in [0.15, 0.2) is 23.1 Å². The monoisotopic (exact) mass is 388 g/mol. The number of benzene rings is 1. The molecular weight excluding hydrogens is 360 g/mol. The van der Waals surface area contributed by atoms with E-state index in [1.807, 2.05) is 26.0 Å². The summed E-state index contributed by atoms with van der Waals surface area (Å²) in [6, 6.07) is 3.81. The average Bonchev–Trinajstić information content (AvgIpc) is 2.58. The van der Waals surface area contributed by atoms with Crippen LogP contribution in [0.2, 0.25) is 0 Å². The number of aryl methyl sites for hydroxylation is 3. The number of nitrogens with one attached hydrogen (secondary N) is 1. The Hall–Kier alpha value is -2.83. The molecule has 7 nitrogen and oxygen atoms in total. The van der Waals surface area contributed by atoms with E-state index in [9.17, 15) is 19.5 Å². The van der Waals surface area contributed by atoms with Crippen molar-refractivity contribution in [1.82, 2.24) is 9.88 Å². The maximum absolute atomic E-state index is 12.7. The number of hydrogen-bond donors (Lipinski definition) is 2. The van der Waals surface area contributed by atoms with E-state index in [1.165, 1.54) is 6.20 Å². The maximum atomic E-state index is 12.7. The highest BCUT2D eigenvalue weighted by Gasteiger charge is 2.18. The zero-order valence-electron chi connectivity index (χ0n) is 17.1. The van der Waals surface area contributed by atoms with Gasteiger partial charge in [0.05, 0.1) is 5.52 Å². The quantitative estimate of drug-likeness (QED) is 0.738. The molecule has 0 aliphatic rings. The van der Waals surface area contributed by atoms with E-state index in [4.69, 9.17) is 4.74 Å². The summed E-state index contributed by atoms with van der Waals surface area (Å²) in [4.78, 5) is 35.8. The highest BCUT2D eigenvalue weighted by Crippen LogP contribution is 2.21. The van der Waals surface area contributed by atoms with Crippen molar-refractivity contribution >= 4 is 23.0 Å². The number of fused-ring (bicyclic) bond motifs is 1. The summed E-state index contributed by atoms with van der Waals surface area (Å²) in [6.07, 6.45) is 2.27. The zero-order valence-corrected chi connectivity index (χ0v) is 17.1. The Labute approximate surface area is 164 Å². The molecule has 0 saturated heterocycles. The average molecular weight is 388 g/mol. The Morgan fingerprint density at radius 2 is 1.93 bits per heavy atom. The Balaban J connectivity index is 2.22. The Morgan fingerprint density at radius 1 is 1.25 bits per heavy atom. The first-order valence-electron chi connectivity index (χ1n) is 9.41. The highest BCUT2D eigenvalue weighted by atomic mass is 16.6. The van der Waals surface area contributed by atoms with Crippen LogP contribution in [-0.2, 0) is 17.7 Å². The summed E-state index contributed by atoms with van der Waals surface area (Å²) in [6.45, 7) is 10.2. The number of carbonyl (C=O) groups is 2. The molecule has 2 aromatic rings. The van der Waals surface area contributed by atoms with Crippen molar-refractivity contribution in [3.05, 3.63) is 45.2 Å². The first-order chi connectivity index (χ1) is 13.0. The molecule has 0 aliphatic carbocycles. The van der Waals surface area contributed by atoms with Crippen LogP contribution >= 0.6 is 0 Å². The molecule has 0 radical (unpaired) electrons. The number of amides is 1. The smallest absolute Gasteiger partial charge is 0.407 e. The van der Waals surface area contributed by atoms with Crippen LogP contribution in [-0.4, -0.2) is 33.9 Å². The summed E-state index contributed by atoms with van der Waals surface area (Å²) in [5.41, 5.74) is 1.25. The molecule has 0 aliphatic heterocycles. The second-order valence-corrected chi connectivity index (χ2v) is 7.74. The van der Waals surface area contributed by atoms with Gasteiger partial charge in [-0.1, -0.05) is 6.07 Å². The number of aromatic nitrogens is 1. The third-order valence-corrected chi connectivity index (χ3v) is 4.48. The number of hydrogen-bond acceptors (Lipinski definition) is 4. The number of aromatic carboxylic acids is 1. The Morgan fingerprint density at radius 3 is 2.50 bits per heavy atom. The van der Waals surface area contributed by atoms with Gasteiger partial charge in [-0.15, -0.1) is 0 Å². The van der Waals surface area contributed by atoms with Gasteiger partial charge in [0, 0.05) is 24.7 Å². The lowest BCUT2D eigenvalue weighted by Gasteiger charge is -2.19. The predicted molar refractivity (Wildman–Crippen MR) is 108 cm³/mol. The van der Waals surface area contributed by atoms with Crippen molar-refractivity contribution in [3.63, 3.8) is 0 Å². The number of carboxylic acids is 1. The first-order valence-corrected chi connectivity index (χ1v) is 9.41. The molecule has 0 bridgehead atoms.